The molecule has 130 valence electrons. The molecule has 0 atom stereocenters. The van der Waals surface area contributed by atoms with Crippen molar-refractivity contribution >= 4 is 5.91 Å². The minimum Gasteiger partial charge on any atom is -0.484 e. The number of hydrogen-bond donors (Lipinski definition) is 0. The number of nitrogens with zero attached hydrogens (tertiary/aromatic N) is 2. The highest BCUT2D eigenvalue weighted by atomic mass is 19.3. The van der Waals surface area contributed by atoms with Crippen molar-refractivity contribution in [2.75, 3.05) is 13.7 Å². The van der Waals surface area contributed by atoms with Crippen LogP contribution in [-0.2, 0) is 11.3 Å². The Morgan fingerprint density at radius 3 is 2.28 bits per heavy atom. The van der Waals surface area contributed by atoms with E-state index in [2.05, 4.69) is 4.74 Å². The third kappa shape index (κ3) is 5.77. The highest BCUT2D eigenvalue weighted by Crippen LogP contribution is 2.16. The summed E-state index contributed by atoms with van der Waals surface area (Å²) in [6.07, 6.45) is 0. The highest BCUT2D eigenvalue weighted by Gasteiger charge is 2.11. The quantitative estimate of drug-likeness (QED) is 0.772. The largest absolute Gasteiger partial charge is 0.484 e. The van der Waals surface area contributed by atoms with Crippen molar-refractivity contribution in [2.45, 2.75) is 13.2 Å². The first-order valence-corrected chi connectivity index (χ1v) is 7.38. The van der Waals surface area contributed by atoms with Crippen molar-refractivity contribution in [3.63, 3.8) is 0 Å². The Hall–Kier alpha value is -3.14. The van der Waals surface area contributed by atoms with Gasteiger partial charge in [-0.3, -0.25) is 4.79 Å². The molecule has 7 heteroatoms. The number of halogens is 2. The third-order valence-electron chi connectivity index (χ3n) is 3.34. The van der Waals surface area contributed by atoms with Crippen LogP contribution >= 0.6 is 0 Å². The van der Waals surface area contributed by atoms with E-state index in [-0.39, 0.29) is 18.3 Å². The molecule has 25 heavy (non-hydrogen) atoms. The van der Waals surface area contributed by atoms with Crippen LogP contribution in [0.1, 0.15) is 11.1 Å². The van der Waals surface area contributed by atoms with Gasteiger partial charge in [0.15, 0.2) is 6.61 Å². The maximum atomic E-state index is 12.1. The van der Waals surface area contributed by atoms with Crippen LogP contribution in [0.25, 0.3) is 0 Å². The zero-order valence-corrected chi connectivity index (χ0v) is 13.5. The lowest BCUT2D eigenvalue weighted by molar-refractivity contribution is -0.132. The Morgan fingerprint density at radius 2 is 1.72 bits per heavy atom. The summed E-state index contributed by atoms with van der Waals surface area (Å²) in [4.78, 5) is 13.5. The molecule has 2 rings (SSSR count). The molecule has 0 unspecified atom stereocenters. The topological polar surface area (TPSA) is 62.6 Å². The van der Waals surface area contributed by atoms with E-state index in [9.17, 15) is 13.6 Å². The monoisotopic (exact) mass is 346 g/mol. The van der Waals surface area contributed by atoms with Gasteiger partial charge in [-0.15, -0.1) is 0 Å². The fourth-order valence-corrected chi connectivity index (χ4v) is 2.02. The lowest BCUT2D eigenvalue weighted by Crippen LogP contribution is -2.30. The number of carbonyl (C=O) groups is 1. The van der Waals surface area contributed by atoms with Gasteiger partial charge in [-0.1, -0.05) is 12.1 Å². The molecular weight excluding hydrogens is 330 g/mol. The first kappa shape index (κ1) is 18.2. The molecule has 0 saturated heterocycles. The molecule has 0 saturated carbocycles. The van der Waals surface area contributed by atoms with Crippen molar-refractivity contribution in [2.24, 2.45) is 0 Å². The standard InChI is InChI=1S/C18H16F2N2O3/c1-22(11-14-4-8-16(9-5-14)25-18(19)20)17(23)12-24-15-6-2-13(10-21)3-7-15/h2-9,18H,11-12H2,1H3. The number of hydrogen-bond acceptors (Lipinski definition) is 4. The first-order valence-electron chi connectivity index (χ1n) is 7.38. The van der Waals surface area contributed by atoms with E-state index in [0.717, 1.165) is 5.56 Å². The molecule has 2 aromatic carbocycles. The molecule has 2 aromatic rings. The average Bonchev–Trinajstić information content (AvgIpc) is 2.61. The van der Waals surface area contributed by atoms with E-state index in [4.69, 9.17) is 10.00 Å². The average molecular weight is 346 g/mol. The van der Waals surface area contributed by atoms with Crippen molar-refractivity contribution in [3.8, 4) is 17.6 Å². The molecule has 0 bridgehead atoms. The lowest BCUT2D eigenvalue weighted by Gasteiger charge is -2.18. The third-order valence-corrected chi connectivity index (χ3v) is 3.34. The number of benzene rings is 2. The van der Waals surface area contributed by atoms with E-state index in [0.29, 0.717) is 17.9 Å². The van der Waals surface area contributed by atoms with E-state index in [1.165, 1.54) is 17.0 Å². The molecule has 0 aromatic heterocycles. The van der Waals surface area contributed by atoms with E-state index >= 15 is 0 Å². The molecule has 0 aliphatic heterocycles. The molecular formula is C18H16F2N2O3. The number of likely N-dealkylation sites (N-methyl/N-ethyl adjacent to an activating group) is 1. The summed E-state index contributed by atoms with van der Waals surface area (Å²) >= 11 is 0. The van der Waals surface area contributed by atoms with Crippen LogP contribution in [0.5, 0.6) is 11.5 Å². The van der Waals surface area contributed by atoms with Gasteiger partial charge >= 0.3 is 6.61 Å². The van der Waals surface area contributed by atoms with E-state index in [1.807, 2.05) is 6.07 Å². The first-order chi connectivity index (χ1) is 12.0. The van der Waals surface area contributed by atoms with Crippen LogP contribution in [0.2, 0.25) is 0 Å². The fourth-order valence-electron chi connectivity index (χ4n) is 2.02. The van der Waals surface area contributed by atoms with Crippen LogP contribution in [0, 0.1) is 11.3 Å². The second kappa shape index (κ2) is 8.64. The number of nitriles is 1. The van der Waals surface area contributed by atoms with Gasteiger partial charge in [0, 0.05) is 13.6 Å². The van der Waals surface area contributed by atoms with Gasteiger partial charge in [-0.25, -0.2) is 0 Å². The lowest BCUT2D eigenvalue weighted by atomic mass is 10.2. The highest BCUT2D eigenvalue weighted by molar-refractivity contribution is 5.77. The molecule has 0 fully saturated rings. The van der Waals surface area contributed by atoms with Gasteiger partial charge in [0.05, 0.1) is 11.6 Å². The minimum absolute atomic E-state index is 0.0666. The summed E-state index contributed by atoms with van der Waals surface area (Å²) in [5.74, 6) is 0.323. The van der Waals surface area contributed by atoms with Gasteiger partial charge in [0.2, 0.25) is 0 Å². The molecule has 0 aliphatic carbocycles. The van der Waals surface area contributed by atoms with E-state index in [1.54, 1.807) is 43.4 Å². The number of alkyl halides is 2. The number of carbonyl (C=O) groups excluding carboxylic acids is 1. The van der Waals surface area contributed by atoms with Gasteiger partial charge < -0.3 is 14.4 Å². The maximum Gasteiger partial charge on any atom is 0.387 e. The van der Waals surface area contributed by atoms with Crippen molar-refractivity contribution in [1.82, 2.24) is 4.90 Å². The minimum atomic E-state index is -2.87. The van der Waals surface area contributed by atoms with Crippen LogP contribution in [0.4, 0.5) is 8.78 Å². The Morgan fingerprint density at radius 1 is 1.12 bits per heavy atom. The second-order valence-corrected chi connectivity index (χ2v) is 5.20. The SMILES string of the molecule is CN(Cc1ccc(OC(F)F)cc1)C(=O)COc1ccc(C#N)cc1. The summed E-state index contributed by atoms with van der Waals surface area (Å²) in [5.41, 5.74) is 1.28. The van der Waals surface area contributed by atoms with Crippen LogP contribution in [0.15, 0.2) is 48.5 Å². The van der Waals surface area contributed by atoms with Crippen molar-refractivity contribution in [3.05, 3.63) is 59.7 Å². The summed E-state index contributed by atoms with van der Waals surface area (Å²) in [6.45, 7) is -2.70. The van der Waals surface area contributed by atoms with Gasteiger partial charge in [-0.2, -0.15) is 14.0 Å². The maximum absolute atomic E-state index is 12.1. The number of amides is 1. The summed E-state index contributed by atoms with van der Waals surface area (Å²) in [7, 11) is 1.62. The molecule has 5 nitrogen and oxygen atoms in total. The predicted octanol–water partition coefficient (Wildman–Crippen LogP) is 3.20. The smallest absolute Gasteiger partial charge is 0.387 e. The summed E-state index contributed by atoms with van der Waals surface area (Å²) in [6, 6.07) is 14.5. The Kier molecular flexibility index (Phi) is 6.29. The normalized spacial score (nSPS) is 10.2. The Balaban J connectivity index is 1.84. The Bertz CT molecular complexity index is 740. The fraction of sp³-hybridized carbons (Fsp3) is 0.222. The van der Waals surface area contributed by atoms with Gasteiger partial charge in [0.25, 0.3) is 5.91 Å². The van der Waals surface area contributed by atoms with Gasteiger partial charge in [-0.05, 0) is 42.0 Å². The predicted molar refractivity (Wildman–Crippen MR) is 86.2 cm³/mol. The summed E-state index contributed by atoms with van der Waals surface area (Å²) < 4.78 is 33.9. The summed E-state index contributed by atoms with van der Waals surface area (Å²) in [5, 5.41) is 8.72. The zero-order valence-electron chi connectivity index (χ0n) is 13.5. The molecule has 0 heterocycles. The molecule has 0 radical (unpaired) electrons. The Labute approximate surface area is 144 Å². The zero-order chi connectivity index (χ0) is 18.2. The number of ether oxygens (including phenoxy) is 2. The van der Waals surface area contributed by atoms with E-state index < -0.39 is 6.61 Å². The second-order valence-electron chi connectivity index (χ2n) is 5.20. The van der Waals surface area contributed by atoms with Gasteiger partial charge in [0.1, 0.15) is 11.5 Å². The van der Waals surface area contributed by atoms with Crippen LogP contribution in [0.3, 0.4) is 0 Å². The van der Waals surface area contributed by atoms with Crippen LogP contribution in [-0.4, -0.2) is 31.1 Å². The van der Waals surface area contributed by atoms with Crippen LogP contribution < -0.4 is 9.47 Å². The molecule has 1 amide bonds. The van der Waals surface area contributed by atoms with Crippen molar-refractivity contribution < 1.29 is 23.0 Å². The molecule has 0 aliphatic rings. The number of rotatable bonds is 7. The van der Waals surface area contributed by atoms with Crippen molar-refractivity contribution in [1.29, 1.82) is 5.26 Å². The molecule has 0 spiro atoms. The molecule has 0 N–H and O–H groups in total.